The minimum absolute atomic E-state index is 0.0371. The Balaban J connectivity index is 1.61. The zero-order valence-electron chi connectivity index (χ0n) is 17.8. The van der Waals surface area contributed by atoms with E-state index in [4.69, 9.17) is 11.6 Å². The highest BCUT2D eigenvalue weighted by atomic mass is 35.5. The molecule has 0 aromatic carbocycles. The van der Waals surface area contributed by atoms with E-state index in [1.54, 1.807) is 24.7 Å². The van der Waals surface area contributed by atoms with E-state index >= 15 is 0 Å². The maximum absolute atomic E-state index is 13.7. The second-order valence-electron chi connectivity index (χ2n) is 8.02. The van der Waals surface area contributed by atoms with Gasteiger partial charge in [-0.3, -0.25) is 9.78 Å². The summed E-state index contributed by atoms with van der Waals surface area (Å²) >= 11 is 5.94. The van der Waals surface area contributed by atoms with Crippen molar-refractivity contribution in [3.05, 3.63) is 71.4 Å². The van der Waals surface area contributed by atoms with Crippen LogP contribution < -0.4 is 5.32 Å². The van der Waals surface area contributed by atoms with Crippen LogP contribution >= 0.6 is 11.6 Å². The molecule has 160 valence electrons. The monoisotopic (exact) mass is 435 g/mol. The van der Waals surface area contributed by atoms with E-state index in [1.807, 2.05) is 42.2 Å². The Kier molecular flexibility index (Phi) is 6.47. The molecule has 0 bridgehead atoms. The first kappa shape index (κ1) is 21.2. The van der Waals surface area contributed by atoms with Crippen molar-refractivity contribution in [2.24, 2.45) is 5.92 Å². The number of carbonyl (C=O) groups excluding carboxylic acids is 1. The van der Waals surface area contributed by atoms with Gasteiger partial charge in [0.05, 0.1) is 11.1 Å². The Hall–Kier alpha value is -2.99. The van der Waals surface area contributed by atoms with Crippen molar-refractivity contribution >= 4 is 23.3 Å². The van der Waals surface area contributed by atoms with Gasteiger partial charge in [0, 0.05) is 48.5 Å². The van der Waals surface area contributed by atoms with Gasteiger partial charge in [-0.1, -0.05) is 30.7 Å². The highest BCUT2D eigenvalue weighted by Crippen LogP contribution is 2.29. The van der Waals surface area contributed by atoms with E-state index in [9.17, 15) is 4.79 Å². The highest BCUT2D eigenvalue weighted by molar-refractivity contribution is 6.30. The Morgan fingerprint density at radius 3 is 2.84 bits per heavy atom. The molecule has 6 nitrogen and oxygen atoms in total. The number of piperidine rings is 1. The first-order valence-corrected chi connectivity index (χ1v) is 10.9. The summed E-state index contributed by atoms with van der Waals surface area (Å²) in [5.74, 6) is 1.08. The summed E-state index contributed by atoms with van der Waals surface area (Å²) in [7, 11) is 0. The Labute approximate surface area is 187 Å². The van der Waals surface area contributed by atoms with Crippen LogP contribution in [0.25, 0.3) is 11.1 Å². The second kappa shape index (κ2) is 9.43. The molecule has 3 aromatic rings. The molecule has 1 amide bonds. The van der Waals surface area contributed by atoms with Crippen LogP contribution in [-0.4, -0.2) is 44.9 Å². The van der Waals surface area contributed by atoms with Crippen molar-refractivity contribution in [3.63, 3.8) is 0 Å². The van der Waals surface area contributed by atoms with Crippen molar-refractivity contribution < 1.29 is 4.79 Å². The molecule has 2 unspecified atom stereocenters. The molecule has 1 saturated heterocycles. The van der Waals surface area contributed by atoms with Crippen LogP contribution in [0.15, 0.2) is 55.0 Å². The van der Waals surface area contributed by atoms with E-state index in [2.05, 4.69) is 27.2 Å². The number of likely N-dealkylation sites (tertiary alicyclic amines) is 1. The van der Waals surface area contributed by atoms with Crippen molar-refractivity contribution in [3.8, 4) is 11.1 Å². The fourth-order valence-corrected chi connectivity index (χ4v) is 4.22. The van der Waals surface area contributed by atoms with E-state index < -0.39 is 0 Å². The van der Waals surface area contributed by atoms with Gasteiger partial charge in [-0.15, -0.1) is 0 Å². The molecule has 0 radical (unpaired) electrons. The molecule has 0 aliphatic carbocycles. The van der Waals surface area contributed by atoms with E-state index in [-0.39, 0.29) is 11.9 Å². The molecule has 4 rings (SSSR count). The van der Waals surface area contributed by atoms with Gasteiger partial charge in [0.2, 0.25) is 0 Å². The summed E-state index contributed by atoms with van der Waals surface area (Å²) < 4.78 is 0. The van der Waals surface area contributed by atoms with Crippen LogP contribution in [0, 0.1) is 12.8 Å². The number of rotatable bonds is 5. The van der Waals surface area contributed by atoms with Crippen LogP contribution in [-0.2, 0) is 0 Å². The van der Waals surface area contributed by atoms with Crippen LogP contribution in [0.3, 0.4) is 0 Å². The van der Waals surface area contributed by atoms with E-state index in [0.717, 1.165) is 35.5 Å². The lowest BCUT2D eigenvalue weighted by atomic mass is 9.90. The number of pyridine rings is 3. The molecule has 7 heteroatoms. The fourth-order valence-electron chi connectivity index (χ4n) is 4.11. The molecule has 0 spiro atoms. The predicted octanol–water partition coefficient (Wildman–Crippen LogP) is 4.85. The minimum Gasteiger partial charge on any atom is -0.368 e. The maximum atomic E-state index is 13.7. The molecule has 1 aliphatic rings. The molecule has 0 saturated carbocycles. The third-order valence-electron chi connectivity index (χ3n) is 5.81. The Bertz CT molecular complexity index is 1040. The van der Waals surface area contributed by atoms with Crippen LogP contribution in [0.2, 0.25) is 5.02 Å². The van der Waals surface area contributed by atoms with Gasteiger partial charge in [-0.05, 0) is 49.9 Å². The predicted molar refractivity (Wildman–Crippen MR) is 123 cm³/mol. The molecule has 1 fully saturated rings. The lowest BCUT2D eigenvalue weighted by molar-refractivity contribution is 0.0534. The number of amides is 1. The van der Waals surface area contributed by atoms with Crippen LogP contribution in [0.4, 0.5) is 5.82 Å². The van der Waals surface area contributed by atoms with Gasteiger partial charge < -0.3 is 10.2 Å². The molecule has 4 heterocycles. The fraction of sp³-hybridized carbons (Fsp3) is 0.333. The van der Waals surface area contributed by atoms with Crippen molar-refractivity contribution in [1.82, 2.24) is 19.9 Å². The third kappa shape index (κ3) is 4.85. The molecule has 31 heavy (non-hydrogen) atoms. The largest absolute Gasteiger partial charge is 0.368 e. The van der Waals surface area contributed by atoms with Gasteiger partial charge >= 0.3 is 0 Å². The third-order valence-corrected chi connectivity index (χ3v) is 6.03. The van der Waals surface area contributed by atoms with Crippen LogP contribution in [0.5, 0.6) is 0 Å². The van der Waals surface area contributed by atoms with Gasteiger partial charge in [0.25, 0.3) is 5.91 Å². The summed E-state index contributed by atoms with van der Waals surface area (Å²) in [5.41, 5.74) is 3.01. The van der Waals surface area contributed by atoms with E-state index in [1.165, 1.54) is 0 Å². The van der Waals surface area contributed by atoms with Gasteiger partial charge in [0.15, 0.2) is 0 Å². The van der Waals surface area contributed by atoms with E-state index in [0.29, 0.717) is 29.7 Å². The Morgan fingerprint density at radius 1 is 1.23 bits per heavy atom. The lowest BCUT2D eigenvalue weighted by Gasteiger charge is -2.40. The summed E-state index contributed by atoms with van der Waals surface area (Å²) in [4.78, 5) is 28.9. The number of hydrogen-bond donors (Lipinski definition) is 1. The number of nitrogens with one attached hydrogen (secondary N) is 1. The average molecular weight is 436 g/mol. The number of carbonyl (C=O) groups is 1. The zero-order valence-corrected chi connectivity index (χ0v) is 18.5. The zero-order chi connectivity index (χ0) is 21.8. The Morgan fingerprint density at radius 2 is 2.10 bits per heavy atom. The van der Waals surface area contributed by atoms with Gasteiger partial charge in [0.1, 0.15) is 11.5 Å². The maximum Gasteiger partial charge on any atom is 0.273 e. The number of aromatic nitrogens is 3. The number of hydrogen-bond acceptors (Lipinski definition) is 5. The molecular weight excluding hydrogens is 410 g/mol. The molecule has 1 aliphatic heterocycles. The molecule has 1 N–H and O–H groups in total. The van der Waals surface area contributed by atoms with Crippen molar-refractivity contribution in [2.45, 2.75) is 32.7 Å². The smallest absolute Gasteiger partial charge is 0.273 e. The average Bonchev–Trinajstić information content (AvgIpc) is 2.79. The minimum atomic E-state index is -0.0371. The highest BCUT2D eigenvalue weighted by Gasteiger charge is 2.34. The summed E-state index contributed by atoms with van der Waals surface area (Å²) in [5, 5.41) is 3.97. The first-order chi connectivity index (χ1) is 15.0. The van der Waals surface area contributed by atoms with Gasteiger partial charge in [-0.2, -0.15) is 0 Å². The van der Waals surface area contributed by atoms with Crippen molar-refractivity contribution in [2.75, 3.05) is 18.4 Å². The molecule has 2 atom stereocenters. The lowest BCUT2D eigenvalue weighted by Crippen LogP contribution is -2.51. The normalized spacial score (nSPS) is 18.6. The number of nitrogens with zero attached hydrogens (tertiary/aromatic N) is 4. The summed E-state index contributed by atoms with van der Waals surface area (Å²) in [6.07, 6.45) is 7.18. The number of anilines is 1. The summed E-state index contributed by atoms with van der Waals surface area (Å²) in [6.45, 7) is 5.45. The SMILES string of the molecule is Cc1ccc(-c2cccnc2)c(C(=O)N2CCCC(C)C2CNc2ccc(Cl)cn2)n1. The summed E-state index contributed by atoms with van der Waals surface area (Å²) in [6, 6.07) is 11.4. The first-order valence-electron chi connectivity index (χ1n) is 10.6. The quantitative estimate of drug-likeness (QED) is 0.620. The topological polar surface area (TPSA) is 71.0 Å². The number of halogens is 1. The van der Waals surface area contributed by atoms with Gasteiger partial charge in [-0.25, -0.2) is 9.97 Å². The standard InChI is InChI=1S/C24H26ClN5O/c1-16-5-4-12-30(21(16)15-28-22-10-8-19(25)14-27-22)24(31)23-20(9-7-17(2)29-23)18-6-3-11-26-13-18/h3,6-11,13-14,16,21H,4-5,12,15H2,1-2H3,(H,27,28). The number of aryl methyl sites for hydroxylation is 1. The van der Waals surface area contributed by atoms with Crippen LogP contribution in [0.1, 0.15) is 35.9 Å². The molecule has 3 aromatic heterocycles. The molecular formula is C24H26ClN5O. The van der Waals surface area contributed by atoms with Crippen molar-refractivity contribution in [1.29, 1.82) is 0 Å². The second-order valence-corrected chi connectivity index (χ2v) is 8.45.